The van der Waals surface area contributed by atoms with E-state index in [1.807, 2.05) is 0 Å². The van der Waals surface area contributed by atoms with Crippen LogP contribution in [-0.4, -0.2) is 6.54 Å². The molecule has 7 heavy (non-hydrogen) atoms. The first-order valence-electron chi connectivity index (χ1n) is 2.91. The third-order valence-corrected chi connectivity index (χ3v) is 2.19. The maximum atomic E-state index is 3.35. The summed E-state index contributed by atoms with van der Waals surface area (Å²) in [6, 6.07) is 1.60. The summed E-state index contributed by atoms with van der Waals surface area (Å²) in [5, 5.41) is 3.35. The van der Waals surface area contributed by atoms with Crippen molar-refractivity contribution < 1.29 is 0 Å². The van der Waals surface area contributed by atoms with E-state index in [9.17, 15) is 0 Å². The zero-order chi connectivity index (χ0) is 4.91. The Hall–Kier alpha value is -0.0400. The highest BCUT2D eigenvalue weighted by atomic mass is 15.0. The fourth-order valence-electron chi connectivity index (χ4n) is 1.35. The molecule has 1 aliphatic heterocycles. The molecule has 2 rings (SSSR count). The summed E-state index contributed by atoms with van der Waals surface area (Å²) in [6.07, 6.45) is 2.73. The van der Waals surface area contributed by atoms with Crippen LogP contribution in [0, 0.1) is 11.5 Å². The van der Waals surface area contributed by atoms with Crippen molar-refractivity contribution in [3.05, 3.63) is 6.04 Å². The van der Waals surface area contributed by atoms with Gasteiger partial charge >= 0.3 is 0 Å². The molecule has 0 aromatic rings. The highest BCUT2D eigenvalue weighted by Crippen LogP contribution is 2.57. The van der Waals surface area contributed by atoms with Crippen molar-refractivity contribution in [3.8, 4) is 0 Å². The first kappa shape index (κ1) is 3.90. The zero-order valence-electron chi connectivity index (χ0n) is 4.62. The van der Waals surface area contributed by atoms with Crippen LogP contribution < -0.4 is 5.32 Å². The van der Waals surface area contributed by atoms with Gasteiger partial charge in [-0.15, -0.1) is 0 Å². The third-order valence-electron chi connectivity index (χ3n) is 2.19. The topological polar surface area (TPSA) is 12.0 Å². The summed E-state index contributed by atoms with van der Waals surface area (Å²) < 4.78 is 0. The fourth-order valence-corrected chi connectivity index (χ4v) is 1.35. The molecule has 0 amide bonds. The maximum Gasteiger partial charge on any atom is 0.0431 e. The summed E-state index contributed by atoms with van der Waals surface area (Å²) in [7, 11) is 0. The minimum Gasteiger partial charge on any atom is -0.309 e. The first-order chi connectivity index (χ1) is 3.31. The summed E-state index contributed by atoms with van der Waals surface area (Å²) in [6.45, 7) is 3.56. The van der Waals surface area contributed by atoms with Crippen LogP contribution in [0.1, 0.15) is 19.8 Å². The van der Waals surface area contributed by atoms with Gasteiger partial charge in [0, 0.05) is 6.04 Å². The Bertz CT molecular complexity index is 98.4. The van der Waals surface area contributed by atoms with Crippen molar-refractivity contribution >= 4 is 0 Å². The van der Waals surface area contributed by atoms with Crippen LogP contribution in [0.5, 0.6) is 0 Å². The molecule has 0 aromatic heterocycles. The van der Waals surface area contributed by atoms with Gasteiger partial charge in [-0.3, -0.25) is 0 Å². The minimum absolute atomic E-state index is 0.667. The SMILES string of the molecule is CC12CCN[C]1C2. The van der Waals surface area contributed by atoms with Crippen molar-refractivity contribution in [2.24, 2.45) is 5.41 Å². The van der Waals surface area contributed by atoms with E-state index >= 15 is 0 Å². The third kappa shape index (κ3) is 0.367. The second-order valence-electron chi connectivity index (χ2n) is 2.89. The molecule has 2 fully saturated rings. The van der Waals surface area contributed by atoms with Gasteiger partial charge in [0.05, 0.1) is 0 Å². The van der Waals surface area contributed by atoms with Crippen LogP contribution in [0.15, 0.2) is 0 Å². The molecule has 1 saturated heterocycles. The van der Waals surface area contributed by atoms with Gasteiger partial charge in [-0.2, -0.15) is 0 Å². The van der Waals surface area contributed by atoms with Crippen LogP contribution >= 0.6 is 0 Å². The van der Waals surface area contributed by atoms with Gasteiger partial charge < -0.3 is 5.32 Å². The number of nitrogens with one attached hydrogen (secondary N) is 1. The lowest BCUT2D eigenvalue weighted by Gasteiger charge is -1.94. The Kier molecular flexibility index (Phi) is 0.487. The summed E-state index contributed by atoms with van der Waals surface area (Å²) in [4.78, 5) is 0. The van der Waals surface area contributed by atoms with Gasteiger partial charge in [0.2, 0.25) is 0 Å². The summed E-state index contributed by atoms with van der Waals surface area (Å²) in [5.41, 5.74) is 0.667. The van der Waals surface area contributed by atoms with E-state index < -0.39 is 0 Å². The molecule has 0 bridgehead atoms. The molecular formula is C6H10N. The van der Waals surface area contributed by atoms with E-state index in [-0.39, 0.29) is 0 Å². The fraction of sp³-hybridized carbons (Fsp3) is 0.833. The highest BCUT2D eigenvalue weighted by molar-refractivity contribution is 5.24. The van der Waals surface area contributed by atoms with E-state index in [4.69, 9.17) is 0 Å². The smallest absolute Gasteiger partial charge is 0.0431 e. The molecule has 1 heteroatoms. The molecule has 1 radical (unpaired) electrons. The van der Waals surface area contributed by atoms with Gasteiger partial charge in [0.15, 0.2) is 0 Å². The number of fused-ring (bicyclic) bond motifs is 1. The standard InChI is InChI=1S/C6H10N/c1-6-2-3-7-5(6)4-6/h7H,2-4H2,1H3. The number of rotatable bonds is 0. The summed E-state index contributed by atoms with van der Waals surface area (Å²) >= 11 is 0. The Morgan fingerprint density at radius 2 is 2.57 bits per heavy atom. The molecule has 0 aromatic carbocycles. The van der Waals surface area contributed by atoms with Gasteiger partial charge in [-0.05, 0) is 24.8 Å². The zero-order valence-corrected chi connectivity index (χ0v) is 4.62. The average Bonchev–Trinajstić information content (AvgIpc) is 2.09. The molecule has 1 N–H and O–H groups in total. The molecule has 1 atom stereocenters. The molecule has 0 spiro atoms. The minimum atomic E-state index is 0.667. The average molecular weight is 96.2 g/mol. The predicted molar refractivity (Wildman–Crippen MR) is 28.6 cm³/mol. The lowest BCUT2D eigenvalue weighted by molar-refractivity contribution is 0.584. The quantitative estimate of drug-likeness (QED) is 0.473. The van der Waals surface area contributed by atoms with E-state index in [0.29, 0.717) is 5.41 Å². The van der Waals surface area contributed by atoms with Crippen molar-refractivity contribution in [1.29, 1.82) is 0 Å². The molecule has 1 nitrogen and oxygen atoms in total. The Morgan fingerprint density at radius 1 is 1.71 bits per heavy atom. The lowest BCUT2D eigenvalue weighted by Crippen LogP contribution is -2.04. The summed E-state index contributed by atoms with van der Waals surface area (Å²) in [5.74, 6) is 0. The maximum absolute atomic E-state index is 3.35. The molecule has 1 saturated carbocycles. The van der Waals surface area contributed by atoms with E-state index in [1.54, 1.807) is 6.04 Å². The van der Waals surface area contributed by atoms with E-state index in [0.717, 1.165) is 0 Å². The second kappa shape index (κ2) is 0.873. The number of piperidine rings is 1. The van der Waals surface area contributed by atoms with Crippen LogP contribution in [0.25, 0.3) is 0 Å². The van der Waals surface area contributed by atoms with E-state index in [1.165, 1.54) is 19.4 Å². The first-order valence-corrected chi connectivity index (χ1v) is 2.91. The molecule has 1 unspecified atom stereocenters. The van der Waals surface area contributed by atoms with Crippen LogP contribution in [-0.2, 0) is 0 Å². The van der Waals surface area contributed by atoms with Gasteiger partial charge in [0.25, 0.3) is 0 Å². The van der Waals surface area contributed by atoms with Crippen LogP contribution in [0.3, 0.4) is 0 Å². The van der Waals surface area contributed by atoms with Gasteiger partial charge in [-0.1, -0.05) is 6.92 Å². The Morgan fingerprint density at radius 3 is 2.71 bits per heavy atom. The normalized spacial score (nSPS) is 49.3. The van der Waals surface area contributed by atoms with E-state index in [2.05, 4.69) is 12.2 Å². The molecule has 2 aliphatic rings. The van der Waals surface area contributed by atoms with Crippen LogP contribution in [0.2, 0.25) is 0 Å². The molecule has 39 valence electrons. The highest BCUT2D eigenvalue weighted by Gasteiger charge is 2.53. The monoisotopic (exact) mass is 96.1 g/mol. The molecule has 1 heterocycles. The Balaban J connectivity index is 2.17. The van der Waals surface area contributed by atoms with Gasteiger partial charge in [0.1, 0.15) is 0 Å². The van der Waals surface area contributed by atoms with Crippen LogP contribution in [0.4, 0.5) is 0 Å². The van der Waals surface area contributed by atoms with Crippen molar-refractivity contribution in [3.63, 3.8) is 0 Å². The lowest BCUT2D eigenvalue weighted by atomic mass is 10.1. The Labute approximate surface area is 44.1 Å². The largest absolute Gasteiger partial charge is 0.309 e. The molecular weight excluding hydrogens is 86.1 g/mol. The predicted octanol–water partition coefficient (Wildman–Crippen LogP) is 0.922. The molecule has 1 aliphatic carbocycles. The number of hydrogen-bond acceptors (Lipinski definition) is 1. The van der Waals surface area contributed by atoms with Crippen molar-refractivity contribution in [1.82, 2.24) is 5.32 Å². The number of hydrogen-bond donors (Lipinski definition) is 1. The van der Waals surface area contributed by atoms with Gasteiger partial charge in [-0.25, -0.2) is 0 Å². The van der Waals surface area contributed by atoms with Crippen molar-refractivity contribution in [2.75, 3.05) is 6.54 Å². The second-order valence-corrected chi connectivity index (χ2v) is 2.89. The van der Waals surface area contributed by atoms with Crippen molar-refractivity contribution in [2.45, 2.75) is 19.8 Å².